The van der Waals surface area contributed by atoms with Crippen LogP contribution in [0.25, 0.3) is 21.6 Å². The van der Waals surface area contributed by atoms with Gasteiger partial charge >= 0.3 is 0 Å². The molecule has 0 saturated carbocycles. The van der Waals surface area contributed by atoms with E-state index in [-0.39, 0.29) is 66.3 Å². The molecule has 0 bridgehead atoms. The van der Waals surface area contributed by atoms with Gasteiger partial charge in [0.2, 0.25) is 0 Å². The highest BCUT2D eigenvalue weighted by Crippen LogP contribution is 2.52. The molecular formula is C29H29ClF2N6O4. The molecule has 1 saturated heterocycles. The Morgan fingerprint density at radius 3 is 2.81 bits per heavy atom. The van der Waals surface area contributed by atoms with Gasteiger partial charge in [-0.15, -0.1) is 0 Å². The number of fused-ring (bicyclic) bond motifs is 1. The number of halogens is 3. The molecule has 5 rings (SSSR count). The van der Waals surface area contributed by atoms with E-state index in [1.54, 1.807) is 0 Å². The van der Waals surface area contributed by atoms with Crippen LogP contribution in [0.2, 0.25) is 5.02 Å². The molecule has 2 N–H and O–H groups in total. The van der Waals surface area contributed by atoms with Crippen LogP contribution < -0.4 is 20.1 Å². The zero-order chi connectivity index (χ0) is 29.7. The van der Waals surface area contributed by atoms with Crippen molar-refractivity contribution < 1.29 is 27.8 Å². The first-order chi connectivity index (χ1) is 20.4. The Labute approximate surface area is 246 Å². The van der Waals surface area contributed by atoms with Crippen LogP contribution in [-0.2, 0) is 16.8 Å². The number of carbonyl (C=O) groups is 1. The number of nitrogens with one attached hydrogen (secondary N) is 2. The first-order valence-electron chi connectivity index (χ1n) is 13.5. The van der Waals surface area contributed by atoms with Crippen molar-refractivity contribution in [1.29, 1.82) is 0 Å². The lowest BCUT2D eigenvalue weighted by atomic mass is 9.80. The van der Waals surface area contributed by atoms with Crippen molar-refractivity contribution in [3.8, 4) is 22.8 Å². The summed E-state index contributed by atoms with van der Waals surface area (Å²) in [5.74, 6) is -2.61. The van der Waals surface area contributed by atoms with Crippen molar-refractivity contribution >= 4 is 17.5 Å². The van der Waals surface area contributed by atoms with Gasteiger partial charge in [0.1, 0.15) is 18.2 Å². The van der Waals surface area contributed by atoms with Crippen LogP contribution in [0, 0.1) is 11.6 Å². The number of ether oxygens (including phenoxy) is 3. The Morgan fingerprint density at radius 1 is 1.29 bits per heavy atom. The van der Waals surface area contributed by atoms with Gasteiger partial charge in [0.25, 0.3) is 11.8 Å². The lowest BCUT2D eigenvalue weighted by Gasteiger charge is -2.35. The summed E-state index contributed by atoms with van der Waals surface area (Å²) in [6.45, 7) is 1.08. The number of pyridine rings is 1. The van der Waals surface area contributed by atoms with E-state index in [0.717, 1.165) is 24.9 Å². The van der Waals surface area contributed by atoms with Crippen molar-refractivity contribution in [2.24, 2.45) is 5.11 Å². The molecule has 2 aliphatic heterocycles. The molecule has 220 valence electrons. The summed E-state index contributed by atoms with van der Waals surface area (Å²) in [6, 6.07) is 10.7. The predicted molar refractivity (Wildman–Crippen MR) is 152 cm³/mol. The maximum absolute atomic E-state index is 16.3. The number of rotatable bonds is 11. The van der Waals surface area contributed by atoms with E-state index in [1.165, 1.54) is 19.3 Å². The van der Waals surface area contributed by atoms with Gasteiger partial charge in [-0.25, -0.2) is 13.8 Å². The minimum atomic E-state index is -0.976. The summed E-state index contributed by atoms with van der Waals surface area (Å²) in [5, 5.41) is 9.02. The monoisotopic (exact) mass is 598 g/mol. The molecule has 0 aliphatic carbocycles. The number of amides is 1. The minimum Gasteiger partial charge on any atom is -0.480 e. The van der Waals surface area contributed by atoms with Gasteiger partial charge in [0, 0.05) is 53.9 Å². The molecule has 3 heterocycles. The third-order valence-corrected chi connectivity index (χ3v) is 7.85. The molecule has 2 aliphatic rings. The van der Waals surface area contributed by atoms with Gasteiger partial charge in [-0.1, -0.05) is 47.0 Å². The average Bonchev–Trinajstić information content (AvgIpc) is 3.68. The van der Waals surface area contributed by atoms with Gasteiger partial charge in [-0.05, 0) is 30.5 Å². The third kappa shape index (κ3) is 5.58. The highest BCUT2D eigenvalue weighted by molar-refractivity contribution is 6.34. The normalized spacial score (nSPS) is 19.1. The second-order valence-corrected chi connectivity index (χ2v) is 10.2. The van der Waals surface area contributed by atoms with Crippen molar-refractivity contribution in [2.45, 2.75) is 30.9 Å². The first kappa shape index (κ1) is 29.5. The number of azide groups is 1. The quantitative estimate of drug-likeness (QED) is 0.133. The molecule has 1 aromatic heterocycles. The number of hydrogen-bond donors (Lipinski definition) is 2. The predicted octanol–water partition coefficient (Wildman–Crippen LogP) is 5.33. The summed E-state index contributed by atoms with van der Waals surface area (Å²) in [6.07, 6.45) is 3.19. The van der Waals surface area contributed by atoms with Crippen LogP contribution in [0.15, 0.2) is 47.7 Å². The summed E-state index contributed by atoms with van der Waals surface area (Å²) in [7, 11) is 1.40. The highest BCUT2D eigenvalue weighted by atomic mass is 35.5. The number of aromatic nitrogens is 1. The number of carbonyl (C=O) groups excluding carboxylic acids is 1. The fourth-order valence-corrected chi connectivity index (χ4v) is 5.86. The van der Waals surface area contributed by atoms with Crippen LogP contribution in [0.1, 0.15) is 34.3 Å². The van der Waals surface area contributed by atoms with E-state index in [2.05, 4.69) is 25.6 Å². The molecule has 0 spiro atoms. The lowest BCUT2D eigenvalue weighted by Crippen LogP contribution is -2.48. The first-order valence-corrected chi connectivity index (χ1v) is 13.9. The molecule has 10 nitrogen and oxygen atoms in total. The zero-order valence-corrected chi connectivity index (χ0v) is 23.6. The van der Waals surface area contributed by atoms with Gasteiger partial charge in [0.05, 0.1) is 29.8 Å². The third-order valence-electron chi connectivity index (χ3n) is 7.48. The topological polar surface area (TPSA) is 130 Å². The fourth-order valence-electron chi connectivity index (χ4n) is 5.59. The van der Waals surface area contributed by atoms with Crippen LogP contribution in [-0.4, -0.2) is 56.9 Å². The van der Waals surface area contributed by atoms with Crippen molar-refractivity contribution in [3.05, 3.63) is 86.4 Å². The molecule has 1 amide bonds. The molecule has 2 atom stereocenters. The Bertz CT molecular complexity index is 1520. The van der Waals surface area contributed by atoms with E-state index in [9.17, 15) is 4.79 Å². The molecular weight excluding hydrogens is 570 g/mol. The van der Waals surface area contributed by atoms with E-state index >= 15 is 8.78 Å². The van der Waals surface area contributed by atoms with Crippen molar-refractivity contribution in [1.82, 2.24) is 15.6 Å². The lowest BCUT2D eigenvalue weighted by molar-refractivity contribution is 0.0539. The Kier molecular flexibility index (Phi) is 9.08. The van der Waals surface area contributed by atoms with Gasteiger partial charge in [-0.3, -0.25) is 4.79 Å². The number of nitrogens with zero attached hydrogens (tertiary/aromatic N) is 4. The molecule has 0 radical (unpaired) electrons. The van der Waals surface area contributed by atoms with Crippen LogP contribution in [0.5, 0.6) is 11.6 Å². The zero-order valence-electron chi connectivity index (χ0n) is 22.8. The Balaban J connectivity index is 1.59. The Hall–Kier alpha value is -3.96. The molecule has 42 heavy (non-hydrogen) atoms. The number of benzene rings is 2. The number of hydrogen-bond acceptors (Lipinski definition) is 7. The van der Waals surface area contributed by atoms with Gasteiger partial charge < -0.3 is 24.8 Å². The second kappa shape index (κ2) is 12.9. The van der Waals surface area contributed by atoms with E-state index in [1.807, 2.05) is 30.3 Å². The summed E-state index contributed by atoms with van der Waals surface area (Å²) in [4.78, 5) is 19.6. The maximum Gasteiger partial charge on any atom is 0.253 e. The molecule has 2 aromatic carbocycles. The standard InChI is InChI=1S/C29H29ClF2N6O4/c1-34-27(39)19-16-36-28(41-13-12-40-11-10-37-38-33)26(32)24(19)23-18-15-29(22-8-5-9-35-22,17-6-3-2-4-7-17)42-21(18)14-20(31)25(23)30/h2-4,6-7,14,16,22,35H,5,8-13,15H2,1H3,(H,34,39)/t22-,29-/m0/s1. The van der Waals surface area contributed by atoms with Crippen molar-refractivity contribution in [3.63, 3.8) is 0 Å². The summed E-state index contributed by atoms with van der Waals surface area (Å²) in [5.41, 5.74) is 8.42. The fraction of sp³-hybridized carbons (Fsp3) is 0.379. The van der Waals surface area contributed by atoms with Crippen molar-refractivity contribution in [2.75, 3.05) is 40.0 Å². The molecule has 3 aromatic rings. The maximum atomic E-state index is 16.3. The summed E-state index contributed by atoms with van der Waals surface area (Å²) >= 11 is 6.58. The van der Waals surface area contributed by atoms with Crippen LogP contribution in [0.3, 0.4) is 0 Å². The Morgan fingerprint density at radius 2 is 2.10 bits per heavy atom. The SMILES string of the molecule is CNC(=O)c1cnc(OCCOCCN=[N+]=[N-])c(F)c1-c1c(Cl)c(F)cc2c1C[C@](c1ccccc1)([C@@H]1CCCN1)O2. The minimum absolute atomic E-state index is 0.0106. The second-order valence-electron chi connectivity index (χ2n) is 9.87. The highest BCUT2D eigenvalue weighted by Gasteiger charge is 2.50. The van der Waals surface area contributed by atoms with E-state index in [4.69, 9.17) is 31.3 Å². The molecule has 13 heteroatoms. The van der Waals surface area contributed by atoms with Crippen LogP contribution >= 0.6 is 11.6 Å². The molecule has 1 fully saturated rings. The smallest absolute Gasteiger partial charge is 0.253 e. The van der Waals surface area contributed by atoms with Gasteiger partial charge in [-0.2, -0.15) is 0 Å². The average molecular weight is 599 g/mol. The van der Waals surface area contributed by atoms with E-state index < -0.39 is 29.0 Å². The molecule has 0 unspecified atom stereocenters. The van der Waals surface area contributed by atoms with Gasteiger partial charge in [0.15, 0.2) is 11.4 Å². The van der Waals surface area contributed by atoms with Crippen LogP contribution in [0.4, 0.5) is 8.78 Å². The largest absolute Gasteiger partial charge is 0.480 e. The summed E-state index contributed by atoms with van der Waals surface area (Å²) < 4.78 is 49.2. The van der Waals surface area contributed by atoms with E-state index in [0.29, 0.717) is 5.56 Å².